The second-order valence-electron chi connectivity index (χ2n) is 6.03. The van der Waals surface area contributed by atoms with E-state index >= 15 is 0 Å². The monoisotopic (exact) mass is 321 g/mol. The van der Waals surface area contributed by atoms with Crippen LogP contribution in [0.15, 0.2) is 0 Å². The molecule has 0 saturated carbocycles. The van der Waals surface area contributed by atoms with Crippen molar-refractivity contribution in [2.75, 3.05) is 38.3 Å². The van der Waals surface area contributed by atoms with Crippen LogP contribution in [-0.2, 0) is 14.6 Å². The smallest absolute Gasteiger partial charge is 0.150 e. The Balaban J connectivity index is 4.61. The normalized spacial score (nSPS) is 15.0. The molecule has 0 radical (unpaired) electrons. The highest BCUT2D eigenvalue weighted by molar-refractivity contribution is 7.91. The Hall–Kier alpha value is -0.130. The van der Waals surface area contributed by atoms with Crippen molar-refractivity contribution in [2.24, 2.45) is 5.41 Å². The number of unbranched alkanes of at least 4 members (excludes halogenated alkanes) is 1. The second kappa shape index (κ2) is 11.4. The van der Waals surface area contributed by atoms with Gasteiger partial charge in [-0.1, -0.05) is 33.6 Å². The Morgan fingerprint density at radius 1 is 1.05 bits per heavy atom. The highest BCUT2D eigenvalue weighted by Gasteiger charge is 2.29. The van der Waals surface area contributed by atoms with E-state index in [0.29, 0.717) is 24.5 Å². The van der Waals surface area contributed by atoms with Gasteiger partial charge in [-0.15, -0.1) is 0 Å². The molecular weight excluding hydrogens is 286 g/mol. The molecule has 0 aromatic heterocycles. The van der Waals surface area contributed by atoms with Crippen molar-refractivity contribution in [1.29, 1.82) is 0 Å². The molecule has 21 heavy (non-hydrogen) atoms. The molecule has 0 aliphatic rings. The summed E-state index contributed by atoms with van der Waals surface area (Å²) in [6.07, 6.45) is 5.92. The van der Waals surface area contributed by atoms with Crippen molar-refractivity contribution in [1.82, 2.24) is 5.32 Å². The molecule has 0 fully saturated rings. The molecule has 5 heteroatoms. The average Bonchev–Trinajstić information content (AvgIpc) is 2.46. The van der Waals surface area contributed by atoms with E-state index < -0.39 is 9.84 Å². The summed E-state index contributed by atoms with van der Waals surface area (Å²) in [6, 6.07) is 0. The fourth-order valence-electron chi connectivity index (χ4n) is 2.64. The Morgan fingerprint density at radius 3 is 2.29 bits per heavy atom. The van der Waals surface area contributed by atoms with Gasteiger partial charge >= 0.3 is 0 Å². The number of hydrogen-bond acceptors (Lipinski definition) is 4. The molecule has 1 unspecified atom stereocenters. The van der Waals surface area contributed by atoms with E-state index in [4.69, 9.17) is 4.74 Å². The minimum absolute atomic E-state index is 0.102. The summed E-state index contributed by atoms with van der Waals surface area (Å²) in [6.45, 7) is 8.70. The van der Waals surface area contributed by atoms with Gasteiger partial charge in [0.15, 0.2) is 0 Å². The van der Waals surface area contributed by atoms with E-state index in [-0.39, 0.29) is 5.41 Å². The predicted octanol–water partition coefficient (Wildman–Crippen LogP) is 3.02. The third-order valence-electron chi connectivity index (χ3n) is 4.25. The van der Waals surface area contributed by atoms with Gasteiger partial charge < -0.3 is 10.1 Å². The highest BCUT2D eigenvalue weighted by Crippen LogP contribution is 2.33. The van der Waals surface area contributed by atoms with Gasteiger partial charge in [0.1, 0.15) is 9.84 Å². The molecule has 0 aromatic carbocycles. The molecule has 0 bridgehead atoms. The summed E-state index contributed by atoms with van der Waals surface area (Å²) in [5, 5.41) is 3.44. The number of sulfone groups is 1. The third kappa shape index (κ3) is 9.48. The van der Waals surface area contributed by atoms with Crippen molar-refractivity contribution >= 4 is 9.84 Å². The zero-order valence-corrected chi connectivity index (χ0v) is 15.2. The molecule has 1 N–H and O–H groups in total. The fraction of sp³-hybridized carbons (Fsp3) is 1.00. The number of rotatable bonds is 14. The summed E-state index contributed by atoms with van der Waals surface area (Å²) in [5.41, 5.74) is 0.102. The van der Waals surface area contributed by atoms with Crippen LogP contribution in [0, 0.1) is 5.41 Å². The Labute approximate surface area is 132 Å². The molecule has 0 aliphatic carbocycles. The lowest BCUT2D eigenvalue weighted by atomic mass is 9.77. The second-order valence-corrected chi connectivity index (χ2v) is 8.33. The van der Waals surface area contributed by atoms with Crippen LogP contribution in [-0.4, -0.2) is 46.7 Å². The van der Waals surface area contributed by atoms with Gasteiger partial charge in [-0.05, 0) is 31.1 Å². The van der Waals surface area contributed by atoms with E-state index in [1.807, 2.05) is 6.92 Å². The van der Waals surface area contributed by atoms with E-state index in [1.165, 1.54) is 0 Å². The standard InChI is InChI=1S/C16H35NO3S/c1-5-8-9-16(7-3,15-17-11-12-20-4)10-14-21(18,19)13-6-2/h17H,5-15H2,1-4H3. The molecule has 0 saturated heterocycles. The zero-order valence-electron chi connectivity index (χ0n) is 14.4. The lowest BCUT2D eigenvalue weighted by Crippen LogP contribution is -2.37. The lowest BCUT2D eigenvalue weighted by molar-refractivity contribution is 0.180. The average molecular weight is 322 g/mol. The van der Waals surface area contributed by atoms with Crippen molar-refractivity contribution in [3.8, 4) is 0 Å². The molecule has 0 aliphatic heterocycles. The minimum Gasteiger partial charge on any atom is -0.383 e. The van der Waals surface area contributed by atoms with Crippen LogP contribution in [0.3, 0.4) is 0 Å². The van der Waals surface area contributed by atoms with Gasteiger partial charge in [0.2, 0.25) is 0 Å². The maximum atomic E-state index is 12.0. The quantitative estimate of drug-likeness (QED) is 0.500. The molecule has 1 atom stereocenters. The number of nitrogens with one attached hydrogen (secondary N) is 1. The zero-order chi connectivity index (χ0) is 16.2. The van der Waals surface area contributed by atoms with Gasteiger partial charge in [0.05, 0.1) is 12.4 Å². The van der Waals surface area contributed by atoms with Crippen LogP contribution < -0.4 is 5.32 Å². The van der Waals surface area contributed by atoms with Gasteiger partial charge in [-0.3, -0.25) is 0 Å². The van der Waals surface area contributed by atoms with E-state index in [2.05, 4.69) is 19.2 Å². The van der Waals surface area contributed by atoms with Gasteiger partial charge in [0, 0.05) is 26.0 Å². The highest BCUT2D eigenvalue weighted by atomic mass is 32.2. The minimum atomic E-state index is -2.89. The van der Waals surface area contributed by atoms with Crippen LogP contribution in [0.4, 0.5) is 0 Å². The fourth-order valence-corrected chi connectivity index (χ4v) is 4.22. The molecule has 0 amide bonds. The third-order valence-corrected chi connectivity index (χ3v) is 6.11. The number of ether oxygens (including phenoxy) is 1. The van der Waals surface area contributed by atoms with Gasteiger partial charge in [0.25, 0.3) is 0 Å². The summed E-state index contributed by atoms with van der Waals surface area (Å²) in [4.78, 5) is 0. The van der Waals surface area contributed by atoms with Crippen molar-refractivity contribution in [3.63, 3.8) is 0 Å². The first-order valence-electron chi connectivity index (χ1n) is 8.35. The van der Waals surface area contributed by atoms with Crippen LogP contribution in [0.5, 0.6) is 0 Å². The molecule has 4 nitrogen and oxygen atoms in total. The molecule has 0 aromatic rings. The summed E-state index contributed by atoms with van der Waals surface area (Å²) in [5.74, 6) is 0.641. The van der Waals surface area contributed by atoms with Gasteiger partial charge in [-0.25, -0.2) is 8.42 Å². The van der Waals surface area contributed by atoms with E-state index in [0.717, 1.165) is 45.2 Å². The maximum Gasteiger partial charge on any atom is 0.150 e. The molecule has 128 valence electrons. The molecule has 0 spiro atoms. The number of methoxy groups -OCH3 is 1. The van der Waals surface area contributed by atoms with Gasteiger partial charge in [-0.2, -0.15) is 0 Å². The summed E-state index contributed by atoms with van der Waals surface area (Å²) >= 11 is 0. The van der Waals surface area contributed by atoms with E-state index in [9.17, 15) is 8.42 Å². The first kappa shape index (κ1) is 20.9. The Kier molecular flexibility index (Phi) is 11.4. The largest absolute Gasteiger partial charge is 0.383 e. The van der Waals surface area contributed by atoms with Crippen molar-refractivity contribution in [3.05, 3.63) is 0 Å². The maximum absolute atomic E-state index is 12.0. The van der Waals surface area contributed by atoms with Crippen LogP contribution >= 0.6 is 0 Å². The first-order valence-corrected chi connectivity index (χ1v) is 10.2. The SMILES string of the molecule is CCCCC(CC)(CCS(=O)(=O)CCC)CNCCOC. The van der Waals surface area contributed by atoms with Crippen molar-refractivity contribution in [2.45, 2.75) is 59.3 Å². The Morgan fingerprint density at radius 2 is 1.76 bits per heavy atom. The summed E-state index contributed by atoms with van der Waals surface area (Å²) in [7, 11) is -1.19. The Bertz CT molecular complexity index is 343. The summed E-state index contributed by atoms with van der Waals surface area (Å²) < 4.78 is 29.1. The molecular formula is C16H35NO3S. The van der Waals surface area contributed by atoms with Crippen LogP contribution in [0.1, 0.15) is 59.3 Å². The topological polar surface area (TPSA) is 55.4 Å². The molecule has 0 rings (SSSR count). The van der Waals surface area contributed by atoms with Crippen LogP contribution in [0.25, 0.3) is 0 Å². The molecule has 0 heterocycles. The van der Waals surface area contributed by atoms with E-state index in [1.54, 1.807) is 7.11 Å². The lowest BCUT2D eigenvalue weighted by Gasteiger charge is -2.33. The number of hydrogen-bond donors (Lipinski definition) is 1. The van der Waals surface area contributed by atoms with Crippen LogP contribution in [0.2, 0.25) is 0 Å². The predicted molar refractivity (Wildman–Crippen MR) is 90.6 cm³/mol. The first-order chi connectivity index (χ1) is 9.95. The van der Waals surface area contributed by atoms with Crippen molar-refractivity contribution < 1.29 is 13.2 Å².